The fourth-order valence-corrected chi connectivity index (χ4v) is 5.01. The van der Waals surface area contributed by atoms with Gasteiger partial charge in [-0.3, -0.25) is 18.6 Å². The van der Waals surface area contributed by atoms with Crippen LogP contribution >= 0.6 is 11.8 Å². The summed E-state index contributed by atoms with van der Waals surface area (Å²) in [6.45, 7) is 4.79. The molecule has 0 saturated heterocycles. The Morgan fingerprint density at radius 1 is 1.25 bits per heavy atom. The van der Waals surface area contributed by atoms with Gasteiger partial charge in [-0.1, -0.05) is 57.0 Å². The van der Waals surface area contributed by atoms with Crippen molar-refractivity contribution in [1.29, 1.82) is 5.26 Å². The zero-order chi connectivity index (χ0) is 22.7. The average molecular weight is 453 g/mol. The summed E-state index contributed by atoms with van der Waals surface area (Å²) < 4.78 is 3.53. The minimum atomic E-state index is -0.757. The van der Waals surface area contributed by atoms with E-state index in [0.717, 1.165) is 31.2 Å². The summed E-state index contributed by atoms with van der Waals surface area (Å²) in [5.74, 6) is 0.871. The van der Waals surface area contributed by atoms with E-state index >= 15 is 0 Å². The normalized spacial score (nSPS) is 15.8. The first-order valence-electron chi connectivity index (χ1n) is 11.2. The van der Waals surface area contributed by atoms with E-state index in [1.165, 1.54) is 11.8 Å². The van der Waals surface area contributed by atoms with E-state index in [1.807, 2.05) is 28.7 Å². The number of fused-ring (bicyclic) bond motifs is 3. The number of hydrogen-bond donors (Lipinski definition) is 1. The number of para-hydroxylation sites is 1. The molecule has 0 spiro atoms. The van der Waals surface area contributed by atoms with Crippen LogP contribution in [0.2, 0.25) is 0 Å². The van der Waals surface area contributed by atoms with Crippen molar-refractivity contribution in [1.82, 2.24) is 24.5 Å². The van der Waals surface area contributed by atoms with Crippen molar-refractivity contribution in [2.75, 3.05) is 5.75 Å². The number of hydrogen-bond acceptors (Lipinski definition) is 6. The summed E-state index contributed by atoms with van der Waals surface area (Å²) in [4.78, 5) is 25.8. The summed E-state index contributed by atoms with van der Waals surface area (Å²) in [5.41, 5.74) is -0.113. The van der Waals surface area contributed by atoms with Gasteiger partial charge >= 0.3 is 0 Å². The van der Waals surface area contributed by atoms with Gasteiger partial charge in [0.25, 0.3) is 5.56 Å². The number of nitriles is 1. The third kappa shape index (κ3) is 4.37. The highest BCUT2D eigenvalue weighted by Gasteiger charge is 2.33. The zero-order valence-electron chi connectivity index (χ0n) is 18.5. The Morgan fingerprint density at radius 3 is 2.72 bits per heavy atom. The van der Waals surface area contributed by atoms with Crippen LogP contribution in [0.4, 0.5) is 0 Å². The monoisotopic (exact) mass is 452 g/mol. The van der Waals surface area contributed by atoms with E-state index in [1.54, 1.807) is 4.57 Å². The van der Waals surface area contributed by atoms with Crippen LogP contribution in [0.1, 0.15) is 52.4 Å². The predicted octanol–water partition coefficient (Wildman–Crippen LogP) is 3.53. The van der Waals surface area contributed by atoms with Crippen LogP contribution in [0, 0.1) is 17.2 Å². The molecule has 1 aliphatic carbocycles. The van der Waals surface area contributed by atoms with E-state index < -0.39 is 5.54 Å². The summed E-state index contributed by atoms with van der Waals surface area (Å²) >= 11 is 1.27. The van der Waals surface area contributed by atoms with Gasteiger partial charge in [-0.15, -0.1) is 10.2 Å². The van der Waals surface area contributed by atoms with Crippen molar-refractivity contribution in [2.45, 2.75) is 69.6 Å². The Labute approximate surface area is 191 Å². The Hall–Kier alpha value is -2.86. The molecule has 1 fully saturated rings. The molecule has 0 bridgehead atoms. The molecule has 0 radical (unpaired) electrons. The van der Waals surface area contributed by atoms with Gasteiger partial charge in [0.2, 0.25) is 11.7 Å². The molecule has 9 heteroatoms. The second kappa shape index (κ2) is 9.33. The number of carbonyl (C=O) groups excluding carboxylic acids is 1. The summed E-state index contributed by atoms with van der Waals surface area (Å²) in [5, 5.41) is 22.3. The molecule has 2 heterocycles. The van der Waals surface area contributed by atoms with Crippen molar-refractivity contribution in [3.63, 3.8) is 0 Å². The Balaban J connectivity index is 1.63. The number of nitrogens with one attached hydrogen (secondary N) is 1. The van der Waals surface area contributed by atoms with E-state index in [4.69, 9.17) is 0 Å². The second-order valence-corrected chi connectivity index (χ2v) is 9.81. The first-order chi connectivity index (χ1) is 15.4. The van der Waals surface area contributed by atoms with Crippen molar-refractivity contribution in [2.24, 2.45) is 5.92 Å². The van der Waals surface area contributed by atoms with Crippen LogP contribution in [0.5, 0.6) is 0 Å². The molecular weight excluding hydrogens is 424 g/mol. The van der Waals surface area contributed by atoms with Gasteiger partial charge in [0.15, 0.2) is 5.16 Å². The van der Waals surface area contributed by atoms with Gasteiger partial charge in [-0.25, -0.2) is 0 Å². The lowest BCUT2D eigenvalue weighted by Crippen LogP contribution is -2.49. The highest BCUT2D eigenvalue weighted by molar-refractivity contribution is 7.99. The molecule has 1 aliphatic rings. The van der Waals surface area contributed by atoms with E-state index in [0.29, 0.717) is 41.6 Å². The minimum Gasteiger partial charge on any atom is -0.337 e. The van der Waals surface area contributed by atoms with Gasteiger partial charge in [0.1, 0.15) is 5.54 Å². The third-order valence-electron chi connectivity index (χ3n) is 6.04. The number of nitrogens with zero attached hydrogens (tertiary/aromatic N) is 5. The van der Waals surface area contributed by atoms with E-state index in [2.05, 4.69) is 35.4 Å². The molecule has 1 N–H and O–H groups in total. The van der Waals surface area contributed by atoms with Crippen LogP contribution in [-0.4, -0.2) is 36.4 Å². The van der Waals surface area contributed by atoms with Crippen molar-refractivity contribution in [3.05, 3.63) is 34.6 Å². The minimum absolute atomic E-state index is 0.0799. The standard InChI is InChI=1S/C23H28N6O2S/c1-16(2)10-13-28-20(31)17-8-4-5-9-18(17)29-21(28)26-27-22(29)32-14-19(30)25-23(15-24)11-6-3-7-12-23/h4-5,8-9,16H,3,6-7,10-14H2,1-2H3,(H,25,30). The smallest absolute Gasteiger partial charge is 0.262 e. The lowest BCUT2D eigenvalue weighted by atomic mass is 9.83. The van der Waals surface area contributed by atoms with E-state index in [9.17, 15) is 14.9 Å². The first kappa shape index (κ1) is 22.3. The maximum Gasteiger partial charge on any atom is 0.262 e. The fourth-order valence-electron chi connectivity index (χ4n) is 4.27. The van der Waals surface area contributed by atoms with Crippen molar-refractivity contribution in [3.8, 4) is 6.07 Å². The summed E-state index contributed by atoms with van der Waals surface area (Å²) in [6.07, 6.45) is 5.25. The maximum absolute atomic E-state index is 13.1. The quantitative estimate of drug-likeness (QED) is 0.550. The lowest BCUT2D eigenvalue weighted by molar-refractivity contribution is -0.120. The van der Waals surface area contributed by atoms with Gasteiger partial charge in [-0.05, 0) is 37.3 Å². The number of thioether (sulfide) groups is 1. The van der Waals surface area contributed by atoms with Crippen molar-refractivity contribution < 1.29 is 4.79 Å². The Morgan fingerprint density at radius 2 is 2.00 bits per heavy atom. The number of rotatable bonds is 7. The fraction of sp³-hybridized carbons (Fsp3) is 0.522. The first-order valence-corrected chi connectivity index (χ1v) is 12.1. The molecule has 8 nitrogen and oxygen atoms in total. The molecule has 1 aromatic carbocycles. The molecule has 1 amide bonds. The van der Waals surface area contributed by atoms with Crippen LogP contribution in [0.3, 0.4) is 0 Å². The average Bonchev–Trinajstić information content (AvgIpc) is 3.22. The SMILES string of the molecule is CC(C)CCn1c(=O)c2ccccc2n2c(SCC(=O)NC3(C#N)CCCCC3)nnc12. The van der Waals surface area contributed by atoms with Crippen LogP contribution in [-0.2, 0) is 11.3 Å². The number of carbonyl (C=O) groups is 1. The molecule has 1 saturated carbocycles. The largest absolute Gasteiger partial charge is 0.337 e. The molecule has 4 rings (SSSR count). The van der Waals surface area contributed by atoms with Gasteiger partial charge < -0.3 is 5.32 Å². The lowest BCUT2D eigenvalue weighted by Gasteiger charge is -2.31. The summed E-state index contributed by atoms with van der Waals surface area (Å²) in [7, 11) is 0. The van der Waals surface area contributed by atoms with Crippen molar-refractivity contribution >= 4 is 34.3 Å². The molecule has 3 aromatic rings. The van der Waals surface area contributed by atoms with Crippen LogP contribution in [0.15, 0.2) is 34.2 Å². The van der Waals surface area contributed by atoms with Gasteiger partial charge in [0.05, 0.1) is 22.7 Å². The molecule has 2 aromatic heterocycles. The van der Waals surface area contributed by atoms with Crippen LogP contribution < -0.4 is 10.9 Å². The molecule has 0 atom stereocenters. The molecule has 0 aliphatic heterocycles. The highest BCUT2D eigenvalue weighted by Crippen LogP contribution is 2.28. The van der Waals surface area contributed by atoms with Gasteiger partial charge in [0, 0.05) is 6.54 Å². The van der Waals surface area contributed by atoms with Crippen LogP contribution in [0.25, 0.3) is 16.7 Å². The topological polar surface area (TPSA) is 105 Å². The molecule has 32 heavy (non-hydrogen) atoms. The summed E-state index contributed by atoms with van der Waals surface area (Å²) in [6, 6.07) is 9.72. The molecule has 0 unspecified atom stereocenters. The Kier molecular flexibility index (Phi) is 6.51. The molecular formula is C23H28N6O2S. The Bertz CT molecular complexity index is 1230. The zero-order valence-corrected chi connectivity index (χ0v) is 19.3. The second-order valence-electron chi connectivity index (χ2n) is 8.87. The number of aryl methyl sites for hydroxylation is 1. The van der Waals surface area contributed by atoms with E-state index in [-0.39, 0.29) is 17.2 Å². The maximum atomic E-state index is 13.1. The molecule has 168 valence electrons. The number of aromatic nitrogens is 4. The highest BCUT2D eigenvalue weighted by atomic mass is 32.2. The van der Waals surface area contributed by atoms with Gasteiger partial charge in [-0.2, -0.15) is 5.26 Å². The predicted molar refractivity (Wildman–Crippen MR) is 125 cm³/mol. The number of benzene rings is 1. The third-order valence-corrected chi connectivity index (χ3v) is 6.97. The number of amides is 1.